The van der Waals surface area contributed by atoms with Crippen molar-refractivity contribution in [3.8, 4) is 0 Å². The largest absolute Gasteiger partial charge is 0.395 e. The van der Waals surface area contributed by atoms with E-state index in [1.54, 1.807) is 0 Å². The Morgan fingerprint density at radius 2 is 2.45 bits per heavy atom. The molecule has 1 fully saturated rings. The molecular weight excluding hydrogens is 142 g/mol. The molecule has 11 heavy (non-hydrogen) atoms. The van der Waals surface area contributed by atoms with E-state index in [1.807, 2.05) is 0 Å². The second-order valence-corrected chi connectivity index (χ2v) is 3.26. The molecule has 0 bridgehead atoms. The summed E-state index contributed by atoms with van der Waals surface area (Å²) in [5, 5.41) is 8.70. The molecule has 0 spiro atoms. The first-order valence-corrected chi connectivity index (χ1v) is 4.27. The standard InChI is InChI=1S/C8H17NO2/c9-8(5-10)4-7-2-1-3-11-6-7/h7-8,10H,1-6,9H2/t7?,8-/m0/s1. The van der Waals surface area contributed by atoms with Gasteiger partial charge in [0.15, 0.2) is 0 Å². The predicted molar refractivity (Wildman–Crippen MR) is 43.2 cm³/mol. The lowest BCUT2D eigenvalue weighted by molar-refractivity contribution is 0.0464. The smallest absolute Gasteiger partial charge is 0.0582 e. The summed E-state index contributed by atoms with van der Waals surface area (Å²) in [5.41, 5.74) is 5.60. The number of hydrogen-bond donors (Lipinski definition) is 2. The molecule has 3 heteroatoms. The lowest BCUT2D eigenvalue weighted by atomic mass is 9.95. The summed E-state index contributed by atoms with van der Waals surface area (Å²) in [6.07, 6.45) is 3.24. The van der Waals surface area contributed by atoms with Crippen LogP contribution in [0.15, 0.2) is 0 Å². The van der Waals surface area contributed by atoms with E-state index in [0.717, 1.165) is 26.1 Å². The van der Waals surface area contributed by atoms with Gasteiger partial charge in [0, 0.05) is 19.3 Å². The van der Waals surface area contributed by atoms with Gasteiger partial charge in [-0.05, 0) is 25.2 Å². The van der Waals surface area contributed by atoms with E-state index in [1.165, 1.54) is 6.42 Å². The number of aliphatic hydroxyl groups is 1. The minimum absolute atomic E-state index is 0.0540. The molecule has 0 aromatic carbocycles. The van der Waals surface area contributed by atoms with Crippen molar-refractivity contribution in [2.75, 3.05) is 19.8 Å². The Bertz CT molecular complexity index is 102. The van der Waals surface area contributed by atoms with Gasteiger partial charge in [0.25, 0.3) is 0 Å². The van der Waals surface area contributed by atoms with E-state index in [-0.39, 0.29) is 12.6 Å². The number of rotatable bonds is 3. The van der Waals surface area contributed by atoms with Gasteiger partial charge in [0.05, 0.1) is 6.61 Å². The first-order chi connectivity index (χ1) is 5.33. The molecule has 3 N–H and O–H groups in total. The van der Waals surface area contributed by atoms with Gasteiger partial charge in [-0.25, -0.2) is 0 Å². The maximum absolute atomic E-state index is 8.70. The average molecular weight is 159 g/mol. The first-order valence-electron chi connectivity index (χ1n) is 4.27. The van der Waals surface area contributed by atoms with Gasteiger partial charge >= 0.3 is 0 Å². The third-order valence-electron chi connectivity index (χ3n) is 2.13. The lowest BCUT2D eigenvalue weighted by Gasteiger charge is -2.23. The summed E-state index contributed by atoms with van der Waals surface area (Å²) in [6, 6.07) is -0.0540. The van der Waals surface area contributed by atoms with Crippen molar-refractivity contribution >= 4 is 0 Å². The van der Waals surface area contributed by atoms with Gasteiger partial charge in [0.1, 0.15) is 0 Å². The molecule has 0 saturated carbocycles. The van der Waals surface area contributed by atoms with Crippen molar-refractivity contribution in [2.24, 2.45) is 11.7 Å². The Labute approximate surface area is 67.5 Å². The average Bonchev–Trinajstić information content (AvgIpc) is 2.06. The van der Waals surface area contributed by atoms with Gasteiger partial charge in [0.2, 0.25) is 0 Å². The highest BCUT2D eigenvalue weighted by atomic mass is 16.5. The maximum Gasteiger partial charge on any atom is 0.0582 e. The molecule has 3 nitrogen and oxygen atoms in total. The van der Waals surface area contributed by atoms with E-state index < -0.39 is 0 Å². The molecular formula is C8H17NO2. The fourth-order valence-electron chi connectivity index (χ4n) is 1.50. The molecule has 1 unspecified atom stereocenters. The second kappa shape index (κ2) is 4.70. The van der Waals surface area contributed by atoms with E-state index in [4.69, 9.17) is 15.6 Å². The van der Waals surface area contributed by atoms with Gasteiger partial charge in [-0.2, -0.15) is 0 Å². The molecule has 66 valence electrons. The van der Waals surface area contributed by atoms with Gasteiger partial charge in [-0.15, -0.1) is 0 Å². The highest BCUT2D eigenvalue weighted by Crippen LogP contribution is 2.17. The maximum atomic E-state index is 8.70. The predicted octanol–water partition coefficient (Wildman–Crippen LogP) is 0.123. The van der Waals surface area contributed by atoms with Crippen molar-refractivity contribution in [1.82, 2.24) is 0 Å². The van der Waals surface area contributed by atoms with Crippen molar-refractivity contribution in [3.63, 3.8) is 0 Å². The molecule has 0 aromatic rings. The normalized spacial score (nSPS) is 28.4. The van der Waals surface area contributed by atoms with Crippen molar-refractivity contribution in [3.05, 3.63) is 0 Å². The van der Waals surface area contributed by atoms with Gasteiger partial charge in [-0.3, -0.25) is 0 Å². The van der Waals surface area contributed by atoms with Crippen LogP contribution in [0.25, 0.3) is 0 Å². The molecule has 1 heterocycles. The summed E-state index contributed by atoms with van der Waals surface area (Å²) >= 11 is 0. The molecule has 0 amide bonds. The molecule has 0 aromatic heterocycles. The Morgan fingerprint density at radius 3 is 3.00 bits per heavy atom. The van der Waals surface area contributed by atoms with E-state index in [0.29, 0.717) is 5.92 Å². The van der Waals surface area contributed by atoms with Crippen LogP contribution in [-0.2, 0) is 4.74 Å². The Kier molecular flexibility index (Phi) is 3.83. The Hall–Kier alpha value is -0.120. The fraction of sp³-hybridized carbons (Fsp3) is 1.00. The van der Waals surface area contributed by atoms with Crippen molar-refractivity contribution in [2.45, 2.75) is 25.3 Å². The molecule has 2 atom stereocenters. The van der Waals surface area contributed by atoms with E-state index in [2.05, 4.69) is 0 Å². The summed E-state index contributed by atoms with van der Waals surface area (Å²) in [4.78, 5) is 0. The van der Waals surface area contributed by atoms with Crippen molar-refractivity contribution in [1.29, 1.82) is 0 Å². The topological polar surface area (TPSA) is 55.5 Å². The zero-order chi connectivity index (χ0) is 8.10. The summed E-state index contributed by atoms with van der Waals surface area (Å²) in [6.45, 7) is 1.81. The van der Waals surface area contributed by atoms with E-state index >= 15 is 0 Å². The highest BCUT2D eigenvalue weighted by Gasteiger charge is 2.16. The molecule has 1 aliphatic heterocycles. The lowest BCUT2D eigenvalue weighted by Crippen LogP contribution is -2.30. The van der Waals surface area contributed by atoms with Crippen LogP contribution < -0.4 is 5.73 Å². The van der Waals surface area contributed by atoms with Crippen LogP contribution in [0.2, 0.25) is 0 Å². The molecule has 0 radical (unpaired) electrons. The molecule has 0 aliphatic carbocycles. The quantitative estimate of drug-likeness (QED) is 0.615. The van der Waals surface area contributed by atoms with Crippen LogP contribution in [0.3, 0.4) is 0 Å². The SMILES string of the molecule is N[C@H](CO)CC1CCCOC1. The second-order valence-electron chi connectivity index (χ2n) is 3.26. The Balaban J connectivity index is 2.13. The number of ether oxygens (including phenoxy) is 1. The van der Waals surface area contributed by atoms with Gasteiger partial charge < -0.3 is 15.6 Å². The number of nitrogens with two attached hydrogens (primary N) is 1. The monoisotopic (exact) mass is 159 g/mol. The van der Waals surface area contributed by atoms with Crippen LogP contribution >= 0.6 is 0 Å². The molecule has 1 aliphatic rings. The van der Waals surface area contributed by atoms with Crippen LogP contribution in [0.4, 0.5) is 0 Å². The van der Waals surface area contributed by atoms with Crippen molar-refractivity contribution < 1.29 is 9.84 Å². The first kappa shape index (κ1) is 8.97. The zero-order valence-corrected chi connectivity index (χ0v) is 6.83. The highest BCUT2D eigenvalue weighted by molar-refractivity contribution is 4.69. The van der Waals surface area contributed by atoms with Crippen LogP contribution in [0.1, 0.15) is 19.3 Å². The van der Waals surface area contributed by atoms with Gasteiger partial charge in [-0.1, -0.05) is 0 Å². The third kappa shape index (κ3) is 3.18. The molecule has 1 rings (SSSR count). The summed E-state index contributed by atoms with van der Waals surface area (Å²) in [7, 11) is 0. The van der Waals surface area contributed by atoms with Crippen LogP contribution in [-0.4, -0.2) is 31.0 Å². The fourth-order valence-corrected chi connectivity index (χ4v) is 1.50. The van der Waals surface area contributed by atoms with Crippen LogP contribution in [0, 0.1) is 5.92 Å². The summed E-state index contributed by atoms with van der Waals surface area (Å²) < 4.78 is 5.29. The minimum Gasteiger partial charge on any atom is -0.395 e. The van der Waals surface area contributed by atoms with E-state index in [9.17, 15) is 0 Å². The third-order valence-corrected chi connectivity index (χ3v) is 2.13. The minimum atomic E-state index is -0.0540. The number of aliphatic hydroxyl groups excluding tert-OH is 1. The summed E-state index contributed by atoms with van der Waals surface area (Å²) in [5.74, 6) is 0.575. The Morgan fingerprint density at radius 1 is 1.64 bits per heavy atom. The number of hydrogen-bond acceptors (Lipinski definition) is 3. The molecule has 1 saturated heterocycles. The van der Waals surface area contributed by atoms with Crippen LogP contribution in [0.5, 0.6) is 0 Å². The zero-order valence-electron chi connectivity index (χ0n) is 6.83.